The van der Waals surface area contributed by atoms with Crippen LogP contribution < -0.4 is 4.90 Å². The van der Waals surface area contributed by atoms with Gasteiger partial charge in [0.1, 0.15) is 5.58 Å². The smallest absolute Gasteiger partial charge is 0.159 e. The lowest BCUT2D eigenvalue weighted by Gasteiger charge is -2.26. The number of aromatic nitrogens is 1. The molecule has 0 aliphatic heterocycles. The van der Waals surface area contributed by atoms with Crippen molar-refractivity contribution in [2.24, 2.45) is 0 Å². The van der Waals surface area contributed by atoms with Gasteiger partial charge in [-0.05, 0) is 94.7 Å². The van der Waals surface area contributed by atoms with Crippen LogP contribution in [-0.2, 0) is 0 Å². The molecule has 0 saturated heterocycles. The summed E-state index contributed by atoms with van der Waals surface area (Å²) < 4.78 is 11.6. The van der Waals surface area contributed by atoms with Crippen LogP contribution in [0.15, 0.2) is 199 Å². The molecule has 12 rings (SSSR count). The van der Waals surface area contributed by atoms with Gasteiger partial charge < -0.3 is 13.9 Å². The third-order valence-corrected chi connectivity index (χ3v) is 12.5. The van der Waals surface area contributed by atoms with Gasteiger partial charge in [0.15, 0.2) is 5.58 Å². The van der Waals surface area contributed by atoms with Crippen LogP contribution in [-0.4, -0.2) is 4.57 Å². The Morgan fingerprint density at radius 1 is 0.411 bits per heavy atom. The zero-order valence-electron chi connectivity index (χ0n) is 30.2. The molecule has 3 nitrogen and oxygen atoms in total. The van der Waals surface area contributed by atoms with Crippen LogP contribution in [0.4, 0.5) is 17.1 Å². The fraction of sp³-hybridized carbons (Fsp3) is 0. The maximum Gasteiger partial charge on any atom is 0.159 e. The Bertz CT molecular complexity index is 3500. The van der Waals surface area contributed by atoms with Crippen molar-refractivity contribution in [3.8, 4) is 16.8 Å². The first-order valence-electron chi connectivity index (χ1n) is 19.0. The summed E-state index contributed by atoms with van der Waals surface area (Å²) in [6.45, 7) is 0. The van der Waals surface area contributed by atoms with E-state index in [2.05, 4.69) is 198 Å². The lowest BCUT2D eigenvalue weighted by molar-refractivity contribution is 0.669. The van der Waals surface area contributed by atoms with Crippen LogP contribution >= 0.6 is 11.3 Å². The second kappa shape index (κ2) is 12.2. The van der Waals surface area contributed by atoms with Crippen molar-refractivity contribution in [3.63, 3.8) is 0 Å². The van der Waals surface area contributed by atoms with E-state index in [0.717, 1.165) is 44.7 Å². The minimum Gasteiger partial charge on any atom is -0.454 e. The largest absolute Gasteiger partial charge is 0.454 e. The zero-order valence-corrected chi connectivity index (χ0v) is 31.0. The fourth-order valence-corrected chi connectivity index (χ4v) is 9.89. The van der Waals surface area contributed by atoms with Gasteiger partial charge in [-0.2, -0.15) is 0 Å². The first kappa shape index (κ1) is 31.2. The van der Waals surface area contributed by atoms with Gasteiger partial charge in [-0.15, -0.1) is 11.3 Å². The number of thiophene rings is 1. The molecule has 4 heteroatoms. The molecule has 0 fully saturated rings. The Hall–Kier alpha value is -7.14. The molecule has 0 spiro atoms. The third-order valence-electron chi connectivity index (χ3n) is 11.3. The maximum atomic E-state index is 6.64. The van der Waals surface area contributed by atoms with E-state index in [0.29, 0.717) is 0 Å². The van der Waals surface area contributed by atoms with E-state index in [4.69, 9.17) is 4.42 Å². The highest BCUT2D eigenvalue weighted by atomic mass is 32.1. The van der Waals surface area contributed by atoms with Crippen LogP contribution in [0.25, 0.3) is 91.5 Å². The monoisotopic (exact) mass is 732 g/mol. The molecule has 0 aliphatic rings. The van der Waals surface area contributed by atoms with Crippen molar-refractivity contribution in [1.82, 2.24) is 4.57 Å². The van der Waals surface area contributed by atoms with Gasteiger partial charge in [0, 0.05) is 58.8 Å². The molecule has 0 N–H and O–H groups in total. The molecule has 0 saturated carbocycles. The molecule has 9 aromatic carbocycles. The van der Waals surface area contributed by atoms with Gasteiger partial charge in [-0.1, -0.05) is 121 Å². The summed E-state index contributed by atoms with van der Waals surface area (Å²) in [5.74, 6) is 0. The summed E-state index contributed by atoms with van der Waals surface area (Å²) in [7, 11) is 0. The minimum absolute atomic E-state index is 0.879. The number of hydrogen-bond acceptors (Lipinski definition) is 3. The van der Waals surface area contributed by atoms with Crippen molar-refractivity contribution in [1.29, 1.82) is 0 Å². The number of para-hydroxylation sites is 4. The number of hydrogen-bond donors (Lipinski definition) is 0. The van der Waals surface area contributed by atoms with Crippen molar-refractivity contribution < 1.29 is 4.42 Å². The summed E-state index contributed by atoms with van der Waals surface area (Å²) in [6, 6.07) is 70.3. The lowest BCUT2D eigenvalue weighted by atomic mass is 9.99. The Morgan fingerprint density at radius 2 is 1.05 bits per heavy atom. The average molecular weight is 733 g/mol. The first-order valence-corrected chi connectivity index (χ1v) is 19.8. The zero-order chi connectivity index (χ0) is 36.7. The summed E-state index contributed by atoms with van der Waals surface area (Å²) in [4.78, 5) is 2.36. The van der Waals surface area contributed by atoms with Crippen LogP contribution in [0.3, 0.4) is 0 Å². The van der Waals surface area contributed by atoms with Crippen LogP contribution in [0.5, 0.6) is 0 Å². The van der Waals surface area contributed by atoms with E-state index in [1.54, 1.807) is 0 Å². The molecule has 12 aromatic rings. The molecular weight excluding hydrogens is 701 g/mol. The Labute approximate surface area is 326 Å². The second-order valence-electron chi connectivity index (χ2n) is 14.5. The molecule has 0 aliphatic carbocycles. The summed E-state index contributed by atoms with van der Waals surface area (Å²) in [6.07, 6.45) is 0. The van der Waals surface area contributed by atoms with Crippen LogP contribution in [0.2, 0.25) is 0 Å². The maximum absolute atomic E-state index is 6.64. The lowest BCUT2D eigenvalue weighted by Crippen LogP contribution is -2.10. The van der Waals surface area contributed by atoms with E-state index in [1.165, 1.54) is 63.9 Å². The molecule has 3 heterocycles. The number of anilines is 3. The number of fused-ring (bicyclic) bond motifs is 10. The van der Waals surface area contributed by atoms with Gasteiger partial charge in [0.2, 0.25) is 0 Å². The highest BCUT2D eigenvalue weighted by Crippen LogP contribution is 2.45. The molecule has 56 heavy (non-hydrogen) atoms. The van der Waals surface area contributed by atoms with Crippen molar-refractivity contribution in [2.45, 2.75) is 0 Å². The van der Waals surface area contributed by atoms with Gasteiger partial charge in [0.05, 0.1) is 16.7 Å². The molecular formula is C52H32N2OS. The van der Waals surface area contributed by atoms with Crippen molar-refractivity contribution in [2.75, 3.05) is 4.90 Å². The van der Waals surface area contributed by atoms with E-state index in [-0.39, 0.29) is 0 Å². The highest BCUT2D eigenvalue weighted by molar-refractivity contribution is 7.25. The third kappa shape index (κ3) is 4.76. The molecule has 262 valence electrons. The highest BCUT2D eigenvalue weighted by Gasteiger charge is 2.21. The van der Waals surface area contributed by atoms with Crippen molar-refractivity contribution >= 4 is 103 Å². The Balaban J connectivity index is 1.01. The SMILES string of the molecule is c1ccc(-n2c3ccccc3c3ccc(-c4ccc5cc(N(c6ccc7c(c6)sc6ccccc67)c6cccc7c6oc6ccccc67)ccc5c4)cc32)cc1. The van der Waals surface area contributed by atoms with Crippen molar-refractivity contribution in [3.05, 3.63) is 194 Å². The molecule has 0 amide bonds. The normalized spacial score (nSPS) is 11.9. The molecule has 0 radical (unpaired) electrons. The molecule has 0 unspecified atom stereocenters. The van der Waals surface area contributed by atoms with Gasteiger partial charge in [0.25, 0.3) is 0 Å². The van der Waals surface area contributed by atoms with Gasteiger partial charge in [-0.25, -0.2) is 0 Å². The Morgan fingerprint density at radius 3 is 1.98 bits per heavy atom. The van der Waals surface area contributed by atoms with E-state index >= 15 is 0 Å². The van der Waals surface area contributed by atoms with Gasteiger partial charge in [-0.3, -0.25) is 0 Å². The first-order chi connectivity index (χ1) is 27.7. The number of furan rings is 1. The standard InChI is InChI=1S/C52H32N2OS/c1-2-11-37(12-3-1)54-46-17-7-4-13-40(46)41-27-24-36(31-48(41)54)33-21-22-35-30-38(25-23-34(35)29-33)53(39-26-28-44-43-15-6-9-20-50(43)56-51(44)32-39)47-18-10-16-45-42-14-5-8-19-49(42)55-52(45)47/h1-32H. The van der Waals surface area contributed by atoms with E-state index in [1.807, 2.05) is 17.4 Å². The molecule has 3 aromatic heterocycles. The predicted octanol–water partition coefficient (Wildman–Crippen LogP) is 15.3. The Kier molecular flexibility index (Phi) is 6.80. The molecule has 0 atom stereocenters. The number of rotatable bonds is 5. The topological polar surface area (TPSA) is 21.3 Å². The average Bonchev–Trinajstić information content (AvgIpc) is 3.93. The van der Waals surface area contributed by atoms with E-state index < -0.39 is 0 Å². The van der Waals surface area contributed by atoms with E-state index in [9.17, 15) is 0 Å². The second-order valence-corrected chi connectivity index (χ2v) is 15.6. The molecule has 0 bridgehead atoms. The summed E-state index contributed by atoms with van der Waals surface area (Å²) in [5.41, 5.74) is 10.9. The van der Waals surface area contributed by atoms with Crippen LogP contribution in [0, 0.1) is 0 Å². The summed E-state index contributed by atoms with van der Waals surface area (Å²) in [5, 5.41) is 9.70. The predicted molar refractivity (Wildman–Crippen MR) is 239 cm³/mol. The number of benzene rings is 9. The summed E-state index contributed by atoms with van der Waals surface area (Å²) >= 11 is 1.84. The quantitative estimate of drug-likeness (QED) is 0.176. The minimum atomic E-state index is 0.879. The fourth-order valence-electron chi connectivity index (χ4n) is 8.75. The van der Waals surface area contributed by atoms with Gasteiger partial charge >= 0.3 is 0 Å². The number of nitrogens with zero attached hydrogens (tertiary/aromatic N) is 2. The van der Waals surface area contributed by atoms with Crippen LogP contribution in [0.1, 0.15) is 0 Å².